The van der Waals surface area contributed by atoms with Gasteiger partial charge >= 0.3 is 0 Å². The number of rotatable bonds is 3. The summed E-state index contributed by atoms with van der Waals surface area (Å²) in [5, 5.41) is 12.0. The highest BCUT2D eigenvalue weighted by molar-refractivity contribution is 7.08. The summed E-state index contributed by atoms with van der Waals surface area (Å²) in [7, 11) is 1.98. The van der Waals surface area contributed by atoms with Gasteiger partial charge in [0, 0.05) is 11.8 Å². The quantitative estimate of drug-likeness (QED) is 0.766. The van der Waals surface area contributed by atoms with Crippen molar-refractivity contribution in [1.29, 1.82) is 0 Å². The number of thiophene rings is 1. The van der Waals surface area contributed by atoms with Crippen LogP contribution in [0.5, 0.6) is 0 Å². The van der Waals surface area contributed by atoms with Crippen LogP contribution >= 0.6 is 11.3 Å². The average Bonchev–Trinajstić information content (AvgIpc) is 3.01. The zero-order valence-corrected chi connectivity index (χ0v) is 10.3. The fourth-order valence-electron chi connectivity index (χ4n) is 2.12. The minimum atomic E-state index is 0.209. The molecule has 0 saturated carbocycles. The van der Waals surface area contributed by atoms with E-state index in [4.69, 9.17) is 0 Å². The van der Waals surface area contributed by atoms with Crippen molar-refractivity contribution in [2.75, 3.05) is 7.05 Å². The van der Waals surface area contributed by atoms with Gasteiger partial charge in [-0.3, -0.25) is 0 Å². The van der Waals surface area contributed by atoms with E-state index >= 15 is 0 Å². The molecule has 0 aliphatic carbocycles. The molecule has 1 atom stereocenters. The van der Waals surface area contributed by atoms with Crippen molar-refractivity contribution in [3.05, 3.63) is 58.5 Å². The maximum atomic E-state index is 4.38. The third-order valence-electron chi connectivity index (χ3n) is 2.93. The predicted octanol–water partition coefficient (Wildman–Crippen LogP) is 2.70. The smallest absolute Gasteiger partial charge is 0.0712 e. The van der Waals surface area contributed by atoms with Crippen LogP contribution in [0.3, 0.4) is 0 Å². The van der Waals surface area contributed by atoms with Crippen LogP contribution in [0.2, 0.25) is 0 Å². The first-order chi connectivity index (χ1) is 8.40. The van der Waals surface area contributed by atoms with Gasteiger partial charge in [0.1, 0.15) is 0 Å². The predicted molar refractivity (Wildman–Crippen MR) is 70.4 cm³/mol. The molecule has 0 aliphatic rings. The fraction of sp³-hybridized carbons (Fsp3) is 0.154. The minimum Gasteiger partial charge on any atom is -0.309 e. The molecule has 1 N–H and O–H groups in total. The lowest BCUT2D eigenvalue weighted by molar-refractivity contribution is 0.699. The summed E-state index contributed by atoms with van der Waals surface area (Å²) in [6.07, 6.45) is 3.91. The van der Waals surface area contributed by atoms with Crippen molar-refractivity contribution in [2.24, 2.45) is 0 Å². The lowest BCUT2D eigenvalue weighted by Gasteiger charge is -2.13. The van der Waals surface area contributed by atoms with Gasteiger partial charge in [-0.25, -0.2) is 4.52 Å². The van der Waals surface area contributed by atoms with Crippen LogP contribution < -0.4 is 5.32 Å². The highest BCUT2D eigenvalue weighted by Gasteiger charge is 2.16. The lowest BCUT2D eigenvalue weighted by Crippen LogP contribution is -2.16. The van der Waals surface area contributed by atoms with E-state index in [1.165, 1.54) is 11.1 Å². The molecule has 0 aromatic carbocycles. The molecule has 3 rings (SSSR count). The van der Waals surface area contributed by atoms with E-state index in [0.29, 0.717) is 0 Å². The third-order valence-corrected chi connectivity index (χ3v) is 3.63. The second kappa shape index (κ2) is 4.31. The summed E-state index contributed by atoms with van der Waals surface area (Å²) < 4.78 is 1.91. The van der Waals surface area contributed by atoms with Crippen LogP contribution in [-0.2, 0) is 0 Å². The molecule has 0 spiro atoms. The molecule has 0 amide bonds. The summed E-state index contributed by atoms with van der Waals surface area (Å²) in [5.41, 5.74) is 3.65. The molecule has 3 nitrogen and oxygen atoms in total. The molecule has 17 heavy (non-hydrogen) atoms. The molecule has 0 fully saturated rings. The average molecular weight is 243 g/mol. The first-order valence-electron chi connectivity index (χ1n) is 5.52. The highest BCUT2D eigenvalue weighted by atomic mass is 32.1. The first-order valence-corrected chi connectivity index (χ1v) is 6.46. The van der Waals surface area contributed by atoms with Crippen molar-refractivity contribution in [3.63, 3.8) is 0 Å². The third kappa shape index (κ3) is 1.75. The fourth-order valence-corrected chi connectivity index (χ4v) is 2.80. The van der Waals surface area contributed by atoms with E-state index in [-0.39, 0.29) is 6.04 Å². The number of nitrogens with zero attached hydrogens (tertiary/aromatic N) is 2. The van der Waals surface area contributed by atoms with Gasteiger partial charge in [0.25, 0.3) is 0 Å². The summed E-state index contributed by atoms with van der Waals surface area (Å²) in [4.78, 5) is 0. The largest absolute Gasteiger partial charge is 0.309 e. The van der Waals surface area contributed by atoms with E-state index in [9.17, 15) is 0 Å². The van der Waals surface area contributed by atoms with E-state index < -0.39 is 0 Å². The van der Waals surface area contributed by atoms with Crippen molar-refractivity contribution in [2.45, 2.75) is 6.04 Å². The monoisotopic (exact) mass is 243 g/mol. The Morgan fingerprint density at radius 1 is 1.35 bits per heavy atom. The Kier molecular flexibility index (Phi) is 2.66. The summed E-state index contributed by atoms with van der Waals surface area (Å²) in [5.74, 6) is 0. The van der Waals surface area contributed by atoms with E-state index in [0.717, 1.165) is 5.52 Å². The second-order valence-electron chi connectivity index (χ2n) is 3.91. The van der Waals surface area contributed by atoms with Gasteiger partial charge in [-0.05, 0) is 41.6 Å². The number of hydrogen-bond donors (Lipinski definition) is 1. The standard InChI is InChI=1S/C13H13N3S/c1-14-13(10-5-7-17-9-10)11-8-15-16-6-3-2-4-12(11)16/h2-9,13-14H,1H3. The van der Waals surface area contributed by atoms with Gasteiger partial charge in [-0.15, -0.1) is 0 Å². The normalized spacial score (nSPS) is 13.0. The van der Waals surface area contributed by atoms with Crippen molar-refractivity contribution in [1.82, 2.24) is 14.9 Å². The Hall–Kier alpha value is -1.65. The molecule has 3 heterocycles. The van der Waals surface area contributed by atoms with Crippen LogP contribution in [0, 0.1) is 0 Å². The molecule has 0 bridgehead atoms. The summed E-state index contributed by atoms with van der Waals surface area (Å²) in [6.45, 7) is 0. The van der Waals surface area contributed by atoms with E-state index in [1.807, 2.05) is 36.1 Å². The van der Waals surface area contributed by atoms with Crippen LogP contribution in [0.4, 0.5) is 0 Å². The molecule has 3 aromatic rings. The number of aromatic nitrogens is 2. The Bertz CT molecular complexity index is 612. The number of fused-ring (bicyclic) bond motifs is 1. The summed E-state index contributed by atoms with van der Waals surface area (Å²) in [6, 6.07) is 8.49. The second-order valence-corrected chi connectivity index (χ2v) is 4.69. The van der Waals surface area contributed by atoms with Gasteiger partial charge < -0.3 is 5.32 Å². The highest BCUT2D eigenvalue weighted by Crippen LogP contribution is 2.26. The van der Waals surface area contributed by atoms with Crippen LogP contribution in [0.1, 0.15) is 17.2 Å². The molecule has 86 valence electrons. The molecule has 4 heteroatoms. The summed E-state index contributed by atoms with van der Waals surface area (Å²) >= 11 is 1.72. The van der Waals surface area contributed by atoms with Gasteiger partial charge in [-0.2, -0.15) is 16.4 Å². The van der Waals surface area contributed by atoms with Gasteiger partial charge in [-0.1, -0.05) is 6.07 Å². The zero-order valence-electron chi connectivity index (χ0n) is 9.50. The van der Waals surface area contributed by atoms with Crippen molar-refractivity contribution >= 4 is 16.9 Å². The zero-order chi connectivity index (χ0) is 11.7. The Morgan fingerprint density at radius 3 is 3.06 bits per heavy atom. The topological polar surface area (TPSA) is 29.3 Å². The van der Waals surface area contributed by atoms with Crippen molar-refractivity contribution in [3.8, 4) is 0 Å². The number of hydrogen-bond acceptors (Lipinski definition) is 3. The lowest BCUT2D eigenvalue weighted by atomic mass is 10.0. The van der Waals surface area contributed by atoms with Gasteiger partial charge in [0.15, 0.2) is 0 Å². The van der Waals surface area contributed by atoms with Crippen molar-refractivity contribution < 1.29 is 0 Å². The van der Waals surface area contributed by atoms with E-state index in [1.54, 1.807) is 11.3 Å². The number of pyridine rings is 1. The van der Waals surface area contributed by atoms with Gasteiger partial charge in [0.05, 0.1) is 17.8 Å². The molecular formula is C13H13N3S. The molecule has 1 unspecified atom stereocenters. The molecule has 0 radical (unpaired) electrons. The van der Waals surface area contributed by atoms with Gasteiger partial charge in [0.2, 0.25) is 0 Å². The maximum absolute atomic E-state index is 4.38. The molecule has 3 aromatic heterocycles. The molecule has 0 aliphatic heterocycles. The Balaban J connectivity index is 2.13. The SMILES string of the molecule is CNC(c1ccsc1)c1cnn2ccccc12. The van der Waals surface area contributed by atoms with Crippen LogP contribution in [0.15, 0.2) is 47.4 Å². The Morgan fingerprint density at radius 2 is 2.29 bits per heavy atom. The number of nitrogens with one attached hydrogen (secondary N) is 1. The maximum Gasteiger partial charge on any atom is 0.0712 e. The first kappa shape index (κ1) is 10.5. The van der Waals surface area contributed by atoms with E-state index in [2.05, 4.69) is 33.3 Å². The minimum absolute atomic E-state index is 0.209. The van der Waals surface area contributed by atoms with Crippen LogP contribution in [-0.4, -0.2) is 16.7 Å². The molecular weight excluding hydrogens is 230 g/mol. The Labute approximate surface area is 104 Å². The van der Waals surface area contributed by atoms with Crippen LogP contribution in [0.25, 0.3) is 5.52 Å². The molecule has 0 saturated heterocycles.